The van der Waals surface area contributed by atoms with E-state index in [1.807, 2.05) is 18.2 Å². The van der Waals surface area contributed by atoms with E-state index < -0.39 is 6.10 Å². The fourth-order valence-corrected chi connectivity index (χ4v) is 1.92. The van der Waals surface area contributed by atoms with Crippen LogP contribution in [0.25, 0.3) is 0 Å². The number of carbonyl (C=O) groups is 2. The molecule has 2 rings (SSSR count). The van der Waals surface area contributed by atoms with Crippen molar-refractivity contribution < 1.29 is 14.3 Å². The molecule has 2 aromatic carbocycles. The Balaban J connectivity index is 2.07. The van der Waals surface area contributed by atoms with Gasteiger partial charge in [0.1, 0.15) is 5.75 Å². The quantitative estimate of drug-likeness (QED) is 0.891. The summed E-state index contributed by atoms with van der Waals surface area (Å²) >= 11 is 0. The molecule has 2 N–H and O–H groups in total. The van der Waals surface area contributed by atoms with Crippen LogP contribution in [-0.4, -0.2) is 25.0 Å². The number of ether oxygens (including phenoxy) is 1. The van der Waals surface area contributed by atoms with E-state index in [1.165, 1.54) is 0 Å². The molecule has 5 nitrogen and oxygen atoms in total. The third-order valence-corrected chi connectivity index (χ3v) is 3.08. The summed E-state index contributed by atoms with van der Waals surface area (Å²) in [4.78, 5) is 24.0. The highest BCUT2D eigenvalue weighted by Crippen LogP contribution is 2.16. The normalized spacial score (nSPS) is 11.4. The SMILES string of the molecule is CNC(=O)c1ccccc1NC(=O)[C@H](C)Oc1ccccc1. The van der Waals surface area contributed by atoms with Gasteiger partial charge in [-0.2, -0.15) is 0 Å². The Labute approximate surface area is 129 Å². The summed E-state index contributed by atoms with van der Waals surface area (Å²) in [5.74, 6) is 0.0393. The first kappa shape index (κ1) is 15.6. The summed E-state index contributed by atoms with van der Waals surface area (Å²) in [7, 11) is 1.54. The number of hydrogen-bond acceptors (Lipinski definition) is 3. The number of carbonyl (C=O) groups excluding carboxylic acids is 2. The second-order valence-corrected chi connectivity index (χ2v) is 4.69. The van der Waals surface area contributed by atoms with Crippen LogP contribution >= 0.6 is 0 Å². The van der Waals surface area contributed by atoms with Gasteiger partial charge in [-0.1, -0.05) is 30.3 Å². The highest BCUT2D eigenvalue weighted by Gasteiger charge is 2.17. The maximum atomic E-state index is 12.2. The van der Waals surface area contributed by atoms with Crippen molar-refractivity contribution in [2.75, 3.05) is 12.4 Å². The average Bonchev–Trinajstić information content (AvgIpc) is 2.55. The number of benzene rings is 2. The molecule has 0 fully saturated rings. The molecule has 0 saturated carbocycles. The van der Waals surface area contributed by atoms with Gasteiger partial charge in [0.15, 0.2) is 6.10 Å². The molecule has 2 amide bonds. The van der Waals surface area contributed by atoms with Gasteiger partial charge in [0.2, 0.25) is 0 Å². The molecule has 114 valence electrons. The van der Waals surface area contributed by atoms with Crippen LogP contribution in [0.3, 0.4) is 0 Å². The Hall–Kier alpha value is -2.82. The van der Waals surface area contributed by atoms with E-state index in [-0.39, 0.29) is 11.8 Å². The zero-order valence-corrected chi connectivity index (χ0v) is 12.5. The van der Waals surface area contributed by atoms with Crippen LogP contribution in [0, 0.1) is 0 Å². The van der Waals surface area contributed by atoms with E-state index in [2.05, 4.69) is 10.6 Å². The minimum absolute atomic E-state index is 0.257. The van der Waals surface area contributed by atoms with Gasteiger partial charge in [-0.15, -0.1) is 0 Å². The van der Waals surface area contributed by atoms with Gasteiger partial charge in [0.05, 0.1) is 11.3 Å². The topological polar surface area (TPSA) is 67.4 Å². The molecule has 2 aromatic rings. The Morgan fingerprint density at radius 2 is 1.64 bits per heavy atom. The van der Waals surface area contributed by atoms with Crippen molar-refractivity contribution in [1.82, 2.24) is 5.32 Å². The van der Waals surface area contributed by atoms with Crippen LogP contribution < -0.4 is 15.4 Å². The molecule has 22 heavy (non-hydrogen) atoms. The zero-order valence-electron chi connectivity index (χ0n) is 12.5. The van der Waals surface area contributed by atoms with Gasteiger partial charge in [-0.3, -0.25) is 9.59 Å². The van der Waals surface area contributed by atoms with E-state index in [0.29, 0.717) is 17.0 Å². The minimum Gasteiger partial charge on any atom is -0.481 e. The van der Waals surface area contributed by atoms with Crippen molar-refractivity contribution in [3.05, 3.63) is 60.2 Å². The van der Waals surface area contributed by atoms with Gasteiger partial charge >= 0.3 is 0 Å². The molecule has 0 heterocycles. The largest absolute Gasteiger partial charge is 0.481 e. The molecule has 0 aromatic heterocycles. The van der Waals surface area contributed by atoms with Crippen LogP contribution in [0.4, 0.5) is 5.69 Å². The van der Waals surface area contributed by atoms with Crippen molar-refractivity contribution in [3.63, 3.8) is 0 Å². The van der Waals surface area contributed by atoms with Gasteiger partial charge in [-0.25, -0.2) is 0 Å². The first-order valence-corrected chi connectivity index (χ1v) is 6.95. The monoisotopic (exact) mass is 298 g/mol. The van der Waals surface area contributed by atoms with Crippen LogP contribution in [-0.2, 0) is 4.79 Å². The summed E-state index contributed by atoms with van der Waals surface area (Å²) in [5, 5.41) is 5.26. The van der Waals surface area contributed by atoms with Crippen molar-refractivity contribution in [1.29, 1.82) is 0 Å². The fraction of sp³-hybridized carbons (Fsp3) is 0.176. The molecule has 0 unspecified atom stereocenters. The second-order valence-electron chi connectivity index (χ2n) is 4.69. The van der Waals surface area contributed by atoms with Crippen LogP contribution in [0.1, 0.15) is 17.3 Å². The lowest BCUT2D eigenvalue weighted by atomic mass is 10.1. The Kier molecular flexibility index (Phi) is 5.14. The number of rotatable bonds is 5. The number of amides is 2. The Morgan fingerprint density at radius 3 is 2.32 bits per heavy atom. The third kappa shape index (κ3) is 3.85. The van der Waals surface area contributed by atoms with E-state index in [4.69, 9.17) is 4.74 Å². The van der Waals surface area contributed by atoms with Gasteiger partial charge in [0, 0.05) is 7.05 Å². The molecule has 0 aliphatic rings. The summed E-state index contributed by atoms with van der Waals surface area (Å²) in [6.07, 6.45) is -0.680. The van der Waals surface area contributed by atoms with Gasteiger partial charge in [-0.05, 0) is 31.2 Å². The second kappa shape index (κ2) is 7.26. The zero-order chi connectivity index (χ0) is 15.9. The predicted octanol–water partition coefficient (Wildman–Crippen LogP) is 2.45. The molecule has 5 heteroatoms. The highest BCUT2D eigenvalue weighted by molar-refractivity contribution is 6.04. The van der Waals surface area contributed by atoms with Crippen LogP contribution in [0.2, 0.25) is 0 Å². The molecular formula is C17H18N2O3. The summed E-state index contributed by atoms with van der Waals surface area (Å²) in [5.41, 5.74) is 0.862. The number of anilines is 1. The lowest BCUT2D eigenvalue weighted by Gasteiger charge is -2.16. The molecule has 1 atom stereocenters. The van der Waals surface area contributed by atoms with Crippen LogP contribution in [0.5, 0.6) is 5.75 Å². The van der Waals surface area contributed by atoms with E-state index in [0.717, 1.165) is 0 Å². The summed E-state index contributed by atoms with van der Waals surface area (Å²) in [6.45, 7) is 1.66. The minimum atomic E-state index is -0.680. The van der Waals surface area contributed by atoms with E-state index >= 15 is 0 Å². The standard InChI is InChI=1S/C17H18N2O3/c1-12(22-13-8-4-3-5-9-13)16(20)19-15-11-7-6-10-14(15)17(21)18-2/h3-12H,1-2H3,(H,18,21)(H,19,20)/t12-/m0/s1. The lowest BCUT2D eigenvalue weighted by molar-refractivity contribution is -0.122. The lowest BCUT2D eigenvalue weighted by Crippen LogP contribution is -2.31. The Bertz CT molecular complexity index is 656. The third-order valence-electron chi connectivity index (χ3n) is 3.08. The van der Waals surface area contributed by atoms with Crippen molar-refractivity contribution >= 4 is 17.5 Å². The first-order chi connectivity index (χ1) is 10.6. The fourth-order valence-electron chi connectivity index (χ4n) is 1.92. The van der Waals surface area contributed by atoms with Crippen LogP contribution in [0.15, 0.2) is 54.6 Å². The Morgan fingerprint density at radius 1 is 1.00 bits per heavy atom. The molecule has 0 saturated heterocycles. The smallest absolute Gasteiger partial charge is 0.265 e. The van der Waals surface area contributed by atoms with E-state index in [9.17, 15) is 9.59 Å². The molecule has 0 aliphatic heterocycles. The van der Waals surface area contributed by atoms with Gasteiger partial charge in [0.25, 0.3) is 11.8 Å². The maximum absolute atomic E-state index is 12.2. The van der Waals surface area contributed by atoms with Crippen molar-refractivity contribution in [2.24, 2.45) is 0 Å². The molecule has 0 bridgehead atoms. The van der Waals surface area contributed by atoms with Crippen molar-refractivity contribution in [2.45, 2.75) is 13.0 Å². The first-order valence-electron chi connectivity index (χ1n) is 6.95. The number of para-hydroxylation sites is 2. The molecule has 0 aliphatic carbocycles. The van der Waals surface area contributed by atoms with Gasteiger partial charge < -0.3 is 15.4 Å². The average molecular weight is 298 g/mol. The predicted molar refractivity (Wildman–Crippen MR) is 85.0 cm³/mol. The highest BCUT2D eigenvalue weighted by atomic mass is 16.5. The molecule has 0 spiro atoms. The maximum Gasteiger partial charge on any atom is 0.265 e. The molecular weight excluding hydrogens is 280 g/mol. The van der Waals surface area contributed by atoms with Crippen molar-refractivity contribution in [3.8, 4) is 5.75 Å². The molecule has 0 radical (unpaired) electrons. The summed E-state index contributed by atoms with van der Waals surface area (Å²) in [6, 6.07) is 15.9. The summed E-state index contributed by atoms with van der Waals surface area (Å²) < 4.78 is 5.56. The number of nitrogens with one attached hydrogen (secondary N) is 2. The van der Waals surface area contributed by atoms with E-state index in [1.54, 1.807) is 50.4 Å². The number of hydrogen-bond donors (Lipinski definition) is 2.